The molecule has 0 aliphatic heterocycles. The lowest BCUT2D eigenvalue weighted by Crippen LogP contribution is -2.34. The fraction of sp³-hybridized carbons (Fsp3) is 0.421. The van der Waals surface area contributed by atoms with Gasteiger partial charge in [0.15, 0.2) is 0 Å². The lowest BCUT2D eigenvalue weighted by molar-refractivity contribution is -0.141. The van der Waals surface area contributed by atoms with Crippen molar-refractivity contribution in [1.82, 2.24) is 10.5 Å². The van der Waals surface area contributed by atoms with Crippen LogP contribution in [0.5, 0.6) is 0 Å². The van der Waals surface area contributed by atoms with E-state index in [4.69, 9.17) is 4.52 Å². The van der Waals surface area contributed by atoms with Gasteiger partial charge in [0.25, 0.3) is 0 Å². The molecule has 1 aliphatic rings. The molecule has 0 bridgehead atoms. The van der Waals surface area contributed by atoms with E-state index in [-0.39, 0.29) is 11.8 Å². The Kier molecular flexibility index (Phi) is 4.37. The smallest absolute Gasteiger partial charge is 0.314 e. The monoisotopic (exact) mass is 342 g/mol. The number of hydrogen-bond donors (Lipinski definition) is 2. The third kappa shape index (κ3) is 2.92. The zero-order valence-corrected chi connectivity index (χ0v) is 14.6. The second-order valence-electron chi connectivity index (χ2n) is 6.78. The van der Waals surface area contributed by atoms with E-state index in [0.29, 0.717) is 18.5 Å². The number of carbonyl (C=O) groups excluding carboxylic acids is 1. The Morgan fingerprint density at radius 2 is 2.04 bits per heavy atom. The lowest BCUT2D eigenvalue weighted by atomic mass is 9.93. The second-order valence-corrected chi connectivity index (χ2v) is 6.78. The Morgan fingerprint density at radius 1 is 1.36 bits per heavy atom. The van der Waals surface area contributed by atoms with Crippen LogP contribution in [0.25, 0.3) is 0 Å². The van der Waals surface area contributed by atoms with E-state index in [1.807, 2.05) is 26.8 Å². The Balaban J connectivity index is 1.68. The zero-order chi connectivity index (χ0) is 18.2. The topological polar surface area (TPSA) is 92.4 Å². The maximum Gasteiger partial charge on any atom is 0.314 e. The highest BCUT2D eigenvalue weighted by atomic mass is 16.5. The van der Waals surface area contributed by atoms with E-state index in [9.17, 15) is 14.7 Å². The van der Waals surface area contributed by atoms with Gasteiger partial charge >= 0.3 is 5.97 Å². The molecule has 3 rings (SSSR count). The number of amides is 1. The molecule has 132 valence electrons. The van der Waals surface area contributed by atoms with Crippen LogP contribution in [-0.2, 0) is 15.0 Å². The number of aromatic nitrogens is 1. The van der Waals surface area contributed by atoms with Crippen LogP contribution < -0.4 is 5.32 Å². The summed E-state index contributed by atoms with van der Waals surface area (Å²) in [6.07, 6.45) is 0.331. The maximum absolute atomic E-state index is 12.5. The predicted octanol–water partition coefficient (Wildman–Crippen LogP) is 2.55. The third-order valence-corrected chi connectivity index (χ3v) is 5.11. The first kappa shape index (κ1) is 17.2. The zero-order valence-electron chi connectivity index (χ0n) is 14.6. The molecular formula is C19H22N2O4. The van der Waals surface area contributed by atoms with E-state index in [0.717, 1.165) is 17.0 Å². The Hall–Kier alpha value is -2.63. The number of carboxylic acids is 1. The fourth-order valence-electron chi connectivity index (χ4n) is 3.67. The van der Waals surface area contributed by atoms with Gasteiger partial charge in [-0.25, -0.2) is 0 Å². The van der Waals surface area contributed by atoms with Crippen molar-refractivity contribution in [2.24, 2.45) is 5.92 Å². The van der Waals surface area contributed by atoms with Crippen molar-refractivity contribution in [1.29, 1.82) is 0 Å². The minimum absolute atomic E-state index is 0.0462. The first-order valence-electron chi connectivity index (χ1n) is 8.37. The number of nitrogens with one attached hydrogen (secondary N) is 1. The van der Waals surface area contributed by atoms with Crippen LogP contribution in [0.1, 0.15) is 41.8 Å². The van der Waals surface area contributed by atoms with Crippen molar-refractivity contribution in [3.63, 3.8) is 0 Å². The number of carboxylic acid groups (broad SMARTS) is 1. The van der Waals surface area contributed by atoms with Gasteiger partial charge in [-0.3, -0.25) is 9.59 Å². The molecule has 2 aromatic rings. The van der Waals surface area contributed by atoms with E-state index in [1.165, 1.54) is 0 Å². The molecule has 1 heterocycles. The summed E-state index contributed by atoms with van der Waals surface area (Å²) in [5.41, 5.74) is 1.39. The average molecular weight is 342 g/mol. The van der Waals surface area contributed by atoms with Gasteiger partial charge in [-0.1, -0.05) is 42.4 Å². The largest absolute Gasteiger partial charge is 0.481 e. The number of aryl methyl sites for hydroxylation is 2. The van der Waals surface area contributed by atoms with Crippen LogP contribution in [-0.4, -0.2) is 28.7 Å². The molecule has 0 radical (unpaired) electrons. The van der Waals surface area contributed by atoms with Gasteiger partial charge in [0.2, 0.25) is 5.91 Å². The number of nitrogens with zero attached hydrogens (tertiary/aromatic N) is 1. The molecule has 1 aromatic heterocycles. The number of aliphatic carboxylic acids is 1. The maximum atomic E-state index is 12.5. The highest BCUT2D eigenvalue weighted by Crippen LogP contribution is 2.54. The summed E-state index contributed by atoms with van der Waals surface area (Å²) in [5, 5.41) is 16.5. The summed E-state index contributed by atoms with van der Waals surface area (Å²) in [7, 11) is 0. The second kappa shape index (κ2) is 6.35. The van der Waals surface area contributed by atoms with Crippen LogP contribution in [0, 0.1) is 19.8 Å². The summed E-state index contributed by atoms with van der Waals surface area (Å²) in [4.78, 5) is 24.3. The van der Waals surface area contributed by atoms with Gasteiger partial charge in [-0.05, 0) is 25.8 Å². The minimum atomic E-state index is -1.10. The minimum Gasteiger partial charge on any atom is -0.481 e. The van der Waals surface area contributed by atoms with E-state index in [2.05, 4.69) is 10.5 Å². The quantitative estimate of drug-likeness (QED) is 0.842. The summed E-state index contributed by atoms with van der Waals surface area (Å²) in [6.45, 7) is 6.12. The Bertz CT molecular complexity index is 780. The van der Waals surface area contributed by atoms with E-state index < -0.39 is 17.3 Å². The molecular weight excluding hydrogens is 320 g/mol. The highest BCUT2D eigenvalue weighted by Gasteiger charge is 2.65. The van der Waals surface area contributed by atoms with Crippen molar-refractivity contribution in [2.75, 3.05) is 6.54 Å². The first-order valence-corrected chi connectivity index (χ1v) is 8.37. The SMILES string of the molecule is Cc1noc(C)c1C(C)CNC(=O)[C@@H]1C[C@@]1(C(=O)O)c1ccccc1. The van der Waals surface area contributed by atoms with Crippen LogP contribution >= 0.6 is 0 Å². The van der Waals surface area contributed by atoms with Gasteiger partial charge in [0.05, 0.1) is 11.6 Å². The van der Waals surface area contributed by atoms with Crippen LogP contribution in [0.3, 0.4) is 0 Å². The Labute approximate surface area is 146 Å². The molecule has 1 unspecified atom stereocenters. The van der Waals surface area contributed by atoms with Gasteiger partial charge in [0.1, 0.15) is 11.2 Å². The summed E-state index contributed by atoms with van der Waals surface area (Å²) >= 11 is 0. The van der Waals surface area contributed by atoms with Gasteiger partial charge in [-0.2, -0.15) is 0 Å². The molecule has 2 N–H and O–H groups in total. The summed E-state index contributed by atoms with van der Waals surface area (Å²) < 4.78 is 5.16. The number of rotatable bonds is 6. The van der Waals surface area contributed by atoms with E-state index >= 15 is 0 Å². The van der Waals surface area contributed by atoms with Crippen molar-refractivity contribution >= 4 is 11.9 Å². The van der Waals surface area contributed by atoms with Crippen LogP contribution in [0.2, 0.25) is 0 Å². The molecule has 6 heteroatoms. The highest BCUT2D eigenvalue weighted by molar-refractivity contribution is 5.97. The first-order chi connectivity index (χ1) is 11.9. The lowest BCUT2D eigenvalue weighted by Gasteiger charge is -2.15. The molecule has 25 heavy (non-hydrogen) atoms. The molecule has 0 spiro atoms. The molecule has 1 amide bonds. The average Bonchev–Trinajstić information content (AvgIpc) is 3.28. The van der Waals surface area contributed by atoms with E-state index in [1.54, 1.807) is 24.3 Å². The predicted molar refractivity (Wildman–Crippen MR) is 91.3 cm³/mol. The van der Waals surface area contributed by atoms with Crippen molar-refractivity contribution in [2.45, 2.75) is 38.5 Å². The molecule has 1 saturated carbocycles. The molecule has 1 fully saturated rings. The third-order valence-electron chi connectivity index (χ3n) is 5.11. The number of benzene rings is 1. The number of hydrogen-bond acceptors (Lipinski definition) is 4. The molecule has 0 saturated heterocycles. The summed E-state index contributed by atoms with van der Waals surface area (Å²) in [5.74, 6) is -0.911. The Morgan fingerprint density at radius 3 is 2.60 bits per heavy atom. The van der Waals surface area contributed by atoms with Crippen LogP contribution in [0.15, 0.2) is 34.9 Å². The molecule has 1 aromatic carbocycles. The van der Waals surface area contributed by atoms with Crippen molar-refractivity contribution in [3.8, 4) is 0 Å². The standard InChI is InChI=1S/C19H22N2O4/c1-11(16-12(2)21-25-13(16)3)10-20-17(22)15-9-19(15,18(23)24)14-7-5-4-6-8-14/h4-8,11,15H,9-10H2,1-3H3,(H,20,22)(H,23,24)/t11?,15-,19+/m0/s1. The number of carbonyl (C=O) groups is 2. The normalized spacial score (nSPS) is 23.1. The molecule has 3 atom stereocenters. The van der Waals surface area contributed by atoms with Gasteiger partial charge < -0.3 is 14.9 Å². The van der Waals surface area contributed by atoms with Crippen molar-refractivity contribution in [3.05, 3.63) is 52.9 Å². The molecule has 1 aliphatic carbocycles. The summed E-state index contributed by atoms with van der Waals surface area (Å²) in [6, 6.07) is 8.98. The van der Waals surface area contributed by atoms with Crippen molar-refractivity contribution < 1.29 is 19.2 Å². The molecule has 6 nitrogen and oxygen atoms in total. The van der Waals surface area contributed by atoms with Gasteiger partial charge in [-0.15, -0.1) is 0 Å². The fourth-order valence-corrected chi connectivity index (χ4v) is 3.67. The van der Waals surface area contributed by atoms with Crippen LogP contribution in [0.4, 0.5) is 0 Å². The van der Waals surface area contributed by atoms with Gasteiger partial charge in [0, 0.05) is 18.0 Å².